The van der Waals surface area contributed by atoms with Crippen molar-refractivity contribution in [2.75, 3.05) is 12.2 Å². The molecule has 0 radical (unpaired) electrons. The van der Waals surface area contributed by atoms with Crippen molar-refractivity contribution in [3.8, 4) is 11.5 Å². The van der Waals surface area contributed by atoms with Crippen LogP contribution >= 0.6 is 11.6 Å². The van der Waals surface area contributed by atoms with E-state index in [1.54, 1.807) is 6.21 Å². The van der Waals surface area contributed by atoms with Gasteiger partial charge in [0.1, 0.15) is 0 Å². The Kier molecular flexibility index (Phi) is 3.01. The van der Waals surface area contributed by atoms with Gasteiger partial charge in [-0.25, -0.2) is 4.98 Å². The van der Waals surface area contributed by atoms with Gasteiger partial charge in [-0.1, -0.05) is 0 Å². The van der Waals surface area contributed by atoms with Crippen LogP contribution in [-0.4, -0.2) is 32.9 Å². The number of fused-ring (bicyclic) bond motifs is 2. The maximum Gasteiger partial charge on any atom is 0.231 e. The maximum atomic E-state index is 5.85. The Balaban J connectivity index is 1.57. The molecule has 2 aromatic heterocycles. The topological polar surface area (TPSA) is 97.3 Å². The standard InChI is InChI=1S/C13H9ClN6O2/c14-13-18-11-10(15-5-16-11)12(19-13)20-17-4-7-1-2-8-9(3-7)22-6-21-8/h1-5H,6H2,(H2,15,16,18,19,20)/b17-4-. The van der Waals surface area contributed by atoms with Gasteiger partial charge in [0.05, 0.1) is 12.5 Å². The molecule has 8 nitrogen and oxygen atoms in total. The molecule has 1 aliphatic heterocycles. The summed E-state index contributed by atoms with van der Waals surface area (Å²) in [4.78, 5) is 15.1. The third kappa shape index (κ3) is 2.29. The Morgan fingerprint density at radius 2 is 2.18 bits per heavy atom. The van der Waals surface area contributed by atoms with Gasteiger partial charge in [0.25, 0.3) is 0 Å². The highest BCUT2D eigenvalue weighted by atomic mass is 35.5. The van der Waals surface area contributed by atoms with Crippen molar-refractivity contribution in [1.82, 2.24) is 19.9 Å². The fourth-order valence-electron chi connectivity index (χ4n) is 2.05. The molecule has 0 amide bonds. The first-order chi connectivity index (χ1) is 10.8. The fraction of sp³-hybridized carbons (Fsp3) is 0.0769. The summed E-state index contributed by atoms with van der Waals surface area (Å²) in [5.74, 6) is 1.85. The first-order valence-electron chi connectivity index (χ1n) is 6.35. The van der Waals surface area contributed by atoms with Crippen LogP contribution in [0.15, 0.2) is 29.6 Å². The van der Waals surface area contributed by atoms with Gasteiger partial charge in [0, 0.05) is 0 Å². The summed E-state index contributed by atoms with van der Waals surface area (Å²) in [7, 11) is 0. The zero-order valence-corrected chi connectivity index (χ0v) is 11.8. The predicted octanol–water partition coefficient (Wildman–Crippen LogP) is 2.18. The Morgan fingerprint density at radius 1 is 1.27 bits per heavy atom. The normalized spacial score (nSPS) is 13.1. The van der Waals surface area contributed by atoms with Crippen molar-refractivity contribution >= 4 is 34.8 Å². The Bertz CT molecular complexity index is 878. The van der Waals surface area contributed by atoms with Gasteiger partial charge in [-0.05, 0) is 35.4 Å². The van der Waals surface area contributed by atoms with Crippen LogP contribution in [0.3, 0.4) is 0 Å². The lowest BCUT2D eigenvalue weighted by Gasteiger charge is -2.01. The summed E-state index contributed by atoms with van der Waals surface area (Å²) in [6.45, 7) is 0.241. The number of hydrazone groups is 1. The molecule has 22 heavy (non-hydrogen) atoms. The number of nitrogens with one attached hydrogen (secondary N) is 2. The molecule has 0 unspecified atom stereocenters. The quantitative estimate of drug-likeness (QED) is 0.436. The minimum absolute atomic E-state index is 0.109. The fourth-order valence-corrected chi connectivity index (χ4v) is 2.22. The van der Waals surface area contributed by atoms with Crippen LogP contribution in [0.25, 0.3) is 11.2 Å². The average Bonchev–Trinajstić information content (AvgIpc) is 3.14. The van der Waals surface area contributed by atoms with Gasteiger partial charge in [0.15, 0.2) is 28.5 Å². The first kappa shape index (κ1) is 12.8. The number of benzene rings is 1. The van der Waals surface area contributed by atoms with Gasteiger partial charge in [-0.15, -0.1) is 0 Å². The zero-order valence-electron chi connectivity index (χ0n) is 11.1. The minimum atomic E-state index is 0.109. The first-order valence-corrected chi connectivity index (χ1v) is 6.73. The summed E-state index contributed by atoms with van der Waals surface area (Å²) in [6, 6.07) is 5.54. The van der Waals surface area contributed by atoms with Crippen molar-refractivity contribution in [1.29, 1.82) is 0 Å². The zero-order chi connectivity index (χ0) is 14.9. The number of rotatable bonds is 3. The van der Waals surface area contributed by atoms with Crippen LogP contribution in [-0.2, 0) is 0 Å². The smallest absolute Gasteiger partial charge is 0.231 e. The molecule has 0 saturated heterocycles. The summed E-state index contributed by atoms with van der Waals surface area (Å²) in [5, 5.41) is 4.24. The molecule has 110 valence electrons. The third-order valence-corrected chi connectivity index (χ3v) is 3.20. The maximum absolute atomic E-state index is 5.85. The van der Waals surface area contributed by atoms with Gasteiger partial charge >= 0.3 is 0 Å². The van der Waals surface area contributed by atoms with Crippen LogP contribution in [0.5, 0.6) is 11.5 Å². The molecule has 4 rings (SSSR count). The largest absolute Gasteiger partial charge is 0.454 e. The van der Waals surface area contributed by atoms with E-state index in [1.165, 1.54) is 6.33 Å². The van der Waals surface area contributed by atoms with E-state index in [0.29, 0.717) is 22.7 Å². The van der Waals surface area contributed by atoms with Crippen LogP contribution in [0.1, 0.15) is 5.56 Å². The highest BCUT2D eigenvalue weighted by molar-refractivity contribution is 6.28. The predicted molar refractivity (Wildman–Crippen MR) is 80.5 cm³/mol. The molecule has 0 saturated carbocycles. The summed E-state index contributed by atoms with van der Waals surface area (Å²) >= 11 is 5.85. The van der Waals surface area contributed by atoms with Gasteiger partial charge in [-0.3, -0.25) is 5.43 Å². The lowest BCUT2D eigenvalue weighted by molar-refractivity contribution is 0.174. The second kappa shape index (κ2) is 5.15. The van der Waals surface area contributed by atoms with E-state index in [2.05, 4.69) is 30.5 Å². The van der Waals surface area contributed by atoms with Gasteiger partial charge in [-0.2, -0.15) is 15.1 Å². The monoisotopic (exact) mass is 316 g/mol. The number of anilines is 1. The Morgan fingerprint density at radius 3 is 3.14 bits per heavy atom. The molecule has 0 atom stereocenters. The van der Waals surface area contributed by atoms with Crippen molar-refractivity contribution in [2.24, 2.45) is 5.10 Å². The van der Waals surface area contributed by atoms with E-state index >= 15 is 0 Å². The van der Waals surface area contributed by atoms with Gasteiger partial charge in [0.2, 0.25) is 12.1 Å². The molecule has 1 aromatic carbocycles. The van der Waals surface area contributed by atoms with Crippen molar-refractivity contribution in [3.63, 3.8) is 0 Å². The van der Waals surface area contributed by atoms with Crippen molar-refractivity contribution < 1.29 is 9.47 Å². The van der Waals surface area contributed by atoms with Crippen LogP contribution < -0.4 is 14.9 Å². The SMILES string of the molecule is Clc1nc(N/N=C\c2ccc3c(c2)OCO3)c2nc[nH]c2n1. The van der Waals surface area contributed by atoms with Crippen LogP contribution in [0.2, 0.25) is 5.28 Å². The minimum Gasteiger partial charge on any atom is -0.454 e. The number of H-pyrrole nitrogens is 1. The lowest BCUT2D eigenvalue weighted by Crippen LogP contribution is -1.97. The Labute approximate surface area is 129 Å². The summed E-state index contributed by atoms with van der Waals surface area (Å²) < 4.78 is 10.6. The van der Waals surface area contributed by atoms with E-state index in [9.17, 15) is 0 Å². The van der Waals surface area contributed by atoms with Crippen molar-refractivity contribution in [2.45, 2.75) is 0 Å². The highest BCUT2D eigenvalue weighted by Gasteiger charge is 2.12. The molecule has 0 aliphatic carbocycles. The Hall–Kier alpha value is -2.87. The average molecular weight is 317 g/mol. The number of hydrogen-bond donors (Lipinski definition) is 2. The molecule has 3 heterocycles. The molecule has 1 aliphatic rings. The number of aromatic amines is 1. The molecule has 0 fully saturated rings. The van der Waals surface area contributed by atoms with E-state index in [-0.39, 0.29) is 12.1 Å². The summed E-state index contributed by atoms with van der Waals surface area (Å²) in [6.07, 6.45) is 3.15. The molecule has 3 aromatic rings. The molecular weight excluding hydrogens is 308 g/mol. The number of aromatic nitrogens is 4. The molecule has 0 spiro atoms. The number of hydrogen-bond acceptors (Lipinski definition) is 7. The number of ether oxygens (including phenoxy) is 2. The second-order valence-electron chi connectivity index (χ2n) is 4.42. The van der Waals surface area contributed by atoms with E-state index in [4.69, 9.17) is 21.1 Å². The van der Waals surface area contributed by atoms with Crippen LogP contribution in [0, 0.1) is 0 Å². The van der Waals surface area contributed by atoms with Crippen molar-refractivity contribution in [3.05, 3.63) is 35.4 Å². The van der Waals surface area contributed by atoms with E-state index in [0.717, 1.165) is 11.3 Å². The molecule has 9 heteroatoms. The van der Waals surface area contributed by atoms with Crippen LogP contribution in [0.4, 0.5) is 5.82 Å². The number of imidazole rings is 1. The lowest BCUT2D eigenvalue weighted by atomic mass is 10.2. The molecule has 0 bridgehead atoms. The molecule has 2 N–H and O–H groups in total. The third-order valence-electron chi connectivity index (χ3n) is 3.03. The molecular formula is C13H9ClN6O2. The number of nitrogens with zero attached hydrogens (tertiary/aromatic N) is 4. The van der Waals surface area contributed by atoms with E-state index in [1.807, 2.05) is 18.2 Å². The van der Waals surface area contributed by atoms with Gasteiger partial charge < -0.3 is 14.5 Å². The highest BCUT2D eigenvalue weighted by Crippen LogP contribution is 2.32. The van der Waals surface area contributed by atoms with E-state index < -0.39 is 0 Å². The summed E-state index contributed by atoms with van der Waals surface area (Å²) in [5.41, 5.74) is 4.77. The second-order valence-corrected chi connectivity index (χ2v) is 4.76. The number of halogens is 1.